The average Bonchev–Trinajstić information content (AvgIpc) is 2.41. The van der Waals surface area contributed by atoms with Gasteiger partial charge in [-0.15, -0.1) is 12.4 Å². The van der Waals surface area contributed by atoms with E-state index in [1.807, 2.05) is 6.07 Å². The molecule has 19 heavy (non-hydrogen) atoms. The maximum Gasteiger partial charge on any atom is 0.119 e. The van der Waals surface area contributed by atoms with Crippen molar-refractivity contribution < 1.29 is 4.74 Å². The maximum atomic E-state index is 5.71. The lowest BCUT2D eigenvalue weighted by Crippen LogP contribution is -2.40. The molecule has 1 aromatic rings. The van der Waals surface area contributed by atoms with Gasteiger partial charge in [0.15, 0.2) is 0 Å². The van der Waals surface area contributed by atoms with Crippen molar-refractivity contribution in [2.45, 2.75) is 38.3 Å². The molecule has 3 nitrogen and oxygen atoms in total. The zero-order chi connectivity index (χ0) is 12.8. The smallest absolute Gasteiger partial charge is 0.119 e. The third-order valence-corrected chi connectivity index (χ3v) is 3.77. The highest BCUT2D eigenvalue weighted by Crippen LogP contribution is 2.22. The highest BCUT2D eigenvalue weighted by molar-refractivity contribution is 5.85. The summed E-state index contributed by atoms with van der Waals surface area (Å²) in [6.07, 6.45) is 5.06. The fourth-order valence-electron chi connectivity index (χ4n) is 2.79. The second-order valence-electron chi connectivity index (χ2n) is 5.05. The van der Waals surface area contributed by atoms with Gasteiger partial charge in [-0.3, -0.25) is 4.90 Å². The largest absolute Gasteiger partial charge is 0.497 e. The lowest BCUT2D eigenvalue weighted by molar-refractivity contribution is 0.134. The van der Waals surface area contributed by atoms with E-state index >= 15 is 0 Å². The van der Waals surface area contributed by atoms with Crippen molar-refractivity contribution >= 4 is 12.4 Å². The third kappa shape index (κ3) is 4.68. The van der Waals surface area contributed by atoms with Gasteiger partial charge < -0.3 is 10.5 Å². The van der Waals surface area contributed by atoms with Gasteiger partial charge in [-0.25, -0.2) is 0 Å². The molecule has 1 atom stereocenters. The zero-order valence-corrected chi connectivity index (χ0v) is 12.5. The summed E-state index contributed by atoms with van der Waals surface area (Å²) in [6.45, 7) is 3.00. The Balaban J connectivity index is 0.00000180. The summed E-state index contributed by atoms with van der Waals surface area (Å²) in [5, 5.41) is 0. The van der Waals surface area contributed by atoms with Gasteiger partial charge in [0, 0.05) is 12.6 Å². The SMILES string of the molecule is COc1cccc(CN2CCCCC2CCN)c1.Cl. The average molecular weight is 285 g/mol. The number of benzene rings is 1. The number of rotatable bonds is 5. The minimum atomic E-state index is 0. The first-order valence-corrected chi connectivity index (χ1v) is 6.90. The molecule has 1 aliphatic heterocycles. The van der Waals surface area contributed by atoms with E-state index in [2.05, 4.69) is 23.1 Å². The molecule has 0 bridgehead atoms. The number of halogens is 1. The summed E-state index contributed by atoms with van der Waals surface area (Å²) in [7, 11) is 1.72. The third-order valence-electron chi connectivity index (χ3n) is 3.77. The predicted molar refractivity (Wildman–Crippen MR) is 82.0 cm³/mol. The van der Waals surface area contributed by atoms with E-state index in [9.17, 15) is 0 Å². The summed E-state index contributed by atoms with van der Waals surface area (Å²) in [5.74, 6) is 0.944. The van der Waals surface area contributed by atoms with Crippen LogP contribution < -0.4 is 10.5 Å². The molecule has 0 amide bonds. The summed E-state index contributed by atoms with van der Waals surface area (Å²) >= 11 is 0. The first-order valence-electron chi connectivity index (χ1n) is 6.90. The van der Waals surface area contributed by atoms with Crippen LogP contribution in [0.3, 0.4) is 0 Å². The van der Waals surface area contributed by atoms with Crippen LogP contribution in [-0.4, -0.2) is 31.1 Å². The predicted octanol–water partition coefficient (Wildman–Crippen LogP) is 2.82. The van der Waals surface area contributed by atoms with E-state index < -0.39 is 0 Å². The van der Waals surface area contributed by atoms with Gasteiger partial charge in [0.2, 0.25) is 0 Å². The number of hydrogen-bond acceptors (Lipinski definition) is 3. The van der Waals surface area contributed by atoms with E-state index in [-0.39, 0.29) is 12.4 Å². The standard InChI is InChI=1S/C15H24N2O.ClH/c1-18-15-7-4-5-13(11-15)12-17-10-3-2-6-14(17)8-9-16;/h4-5,7,11,14H,2-3,6,8-10,12,16H2,1H3;1H. The second kappa shape index (κ2) is 8.41. The number of nitrogens with zero attached hydrogens (tertiary/aromatic N) is 1. The number of piperidine rings is 1. The molecule has 0 aliphatic carbocycles. The molecule has 0 aromatic heterocycles. The molecule has 1 saturated heterocycles. The lowest BCUT2D eigenvalue weighted by Gasteiger charge is -2.35. The molecule has 1 heterocycles. The van der Waals surface area contributed by atoms with Crippen molar-refractivity contribution in [3.05, 3.63) is 29.8 Å². The molecule has 0 spiro atoms. The molecule has 2 rings (SSSR count). The lowest BCUT2D eigenvalue weighted by atomic mass is 9.98. The van der Waals surface area contributed by atoms with E-state index in [0.29, 0.717) is 6.04 Å². The minimum Gasteiger partial charge on any atom is -0.497 e. The Morgan fingerprint density at radius 3 is 2.95 bits per heavy atom. The molecule has 2 N–H and O–H groups in total. The van der Waals surface area contributed by atoms with Crippen LogP contribution in [0.5, 0.6) is 5.75 Å². The highest BCUT2D eigenvalue weighted by atomic mass is 35.5. The Kier molecular flexibility index (Phi) is 7.21. The van der Waals surface area contributed by atoms with Gasteiger partial charge in [-0.2, -0.15) is 0 Å². The van der Waals surface area contributed by atoms with Crippen LogP contribution in [0.25, 0.3) is 0 Å². The van der Waals surface area contributed by atoms with Crippen LogP contribution in [0.2, 0.25) is 0 Å². The Morgan fingerprint density at radius 2 is 2.21 bits per heavy atom. The maximum absolute atomic E-state index is 5.71. The molecule has 108 valence electrons. The van der Waals surface area contributed by atoms with Crippen LogP contribution in [0, 0.1) is 0 Å². The van der Waals surface area contributed by atoms with Crippen molar-refractivity contribution in [2.75, 3.05) is 20.2 Å². The molecular formula is C15H25ClN2O. The molecule has 1 unspecified atom stereocenters. The van der Waals surface area contributed by atoms with E-state index in [1.165, 1.54) is 31.4 Å². The Bertz CT molecular complexity index is 371. The molecule has 4 heteroatoms. The highest BCUT2D eigenvalue weighted by Gasteiger charge is 2.21. The monoisotopic (exact) mass is 284 g/mol. The number of nitrogens with two attached hydrogens (primary N) is 1. The van der Waals surface area contributed by atoms with Crippen molar-refractivity contribution in [3.8, 4) is 5.75 Å². The Hall–Kier alpha value is -0.770. The van der Waals surface area contributed by atoms with E-state index in [0.717, 1.165) is 25.3 Å². The summed E-state index contributed by atoms with van der Waals surface area (Å²) < 4.78 is 5.28. The van der Waals surface area contributed by atoms with E-state index in [4.69, 9.17) is 10.5 Å². The minimum absolute atomic E-state index is 0. The topological polar surface area (TPSA) is 38.5 Å². The molecule has 1 aromatic carbocycles. The first kappa shape index (κ1) is 16.3. The van der Waals surface area contributed by atoms with Crippen LogP contribution in [0.4, 0.5) is 0 Å². The van der Waals surface area contributed by atoms with Crippen molar-refractivity contribution in [1.29, 1.82) is 0 Å². The molecule has 1 aliphatic rings. The van der Waals surface area contributed by atoms with Crippen LogP contribution in [-0.2, 0) is 6.54 Å². The second-order valence-corrected chi connectivity index (χ2v) is 5.05. The molecule has 0 radical (unpaired) electrons. The molecule has 0 saturated carbocycles. The normalized spacial score (nSPS) is 19.8. The van der Waals surface area contributed by atoms with Gasteiger partial charge in [0.05, 0.1) is 7.11 Å². The van der Waals surface area contributed by atoms with Crippen LogP contribution >= 0.6 is 12.4 Å². The van der Waals surface area contributed by atoms with Gasteiger partial charge in [-0.05, 0) is 50.0 Å². The summed E-state index contributed by atoms with van der Waals surface area (Å²) in [5.41, 5.74) is 7.05. The Labute approximate surface area is 122 Å². The van der Waals surface area contributed by atoms with E-state index in [1.54, 1.807) is 7.11 Å². The van der Waals surface area contributed by atoms with Crippen molar-refractivity contribution in [1.82, 2.24) is 4.90 Å². The number of hydrogen-bond donors (Lipinski definition) is 1. The van der Waals surface area contributed by atoms with Gasteiger partial charge in [-0.1, -0.05) is 18.6 Å². The quantitative estimate of drug-likeness (QED) is 0.904. The number of ether oxygens (including phenoxy) is 1. The molecule has 1 fully saturated rings. The number of methoxy groups -OCH3 is 1. The zero-order valence-electron chi connectivity index (χ0n) is 11.7. The summed E-state index contributed by atoms with van der Waals surface area (Å²) in [6, 6.07) is 9.03. The number of likely N-dealkylation sites (tertiary alicyclic amines) is 1. The van der Waals surface area contributed by atoms with Gasteiger partial charge in [0.25, 0.3) is 0 Å². The van der Waals surface area contributed by atoms with Gasteiger partial charge in [0.1, 0.15) is 5.75 Å². The van der Waals surface area contributed by atoms with Crippen LogP contribution in [0.15, 0.2) is 24.3 Å². The van der Waals surface area contributed by atoms with Gasteiger partial charge >= 0.3 is 0 Å². The fourth-order valence-corrected chi connectivity index (χ4v) is 2.79. The van der Waals surface area contributed by atoms with Crippen molar-refractivity contribution in [3.63, 3.8) is 0 Å². The van der Waals surface area contributed by atoms with Crippen molar-refractivity contribution in [2.24, 2.45) is 5.73 Å². The molecular weight excluding hydrogens is 260 g/mol. The fraction of sp³-hybridized carbons (Fsp3) is 0.600. The summed E-state index contributed by atoms with van der Waals surface area (Å²) in [4.78, 5) is 2.57. The Morgan fingerprint density at radius 1 is 1.37 bits per heavy atom. The first-order chi connectivity index (χ1) is 8.83. The van der Waals surface area contributed by atoms with Crippen LogP contribution in [0.1, 0.15) is 31.2 Å².